The van der Waals surface area contributed by atoms with Gasteiger partial charge in [0.1, 0.15) is 11.6 Å². The molecule has 1 N–H and O–H groups in total. The highest BCUT2D eigenvalue weighted by molar-refractivity contribution is 6.30. The highest BCUT2D eigenvalue weighted by atomic mass is 35.5. The molecule has 0 fully saturated rings. The maximum atomic E-state index is 13.6. The molecule has 0 bridgehead atoms. The van der Waals surface area contributed by atoms with Gasteiger partial charge in [-0.2, -0.15) is 0 Å². The summed E-state index contributed by atoms with van der Waals surface area (Å²) in [5.41, 5.74) is 1.29. The van der Waals surface area contributed by atoms with E-state index in [4.69, 9.17) is 11.6 Å². The lowest BCUT2D eigenvalue weighted by Gasteiger charge is -2.17. The van der Waals surface area contributed by atoms with Crippen LogP contribution in [0.2, 0.25) is 5.02 Å². The van der Waals surface area contributed by atoms with Crippen LogP contribution in [0, 0.1) is 11.6 Å². The van der Waals surface area contributed by atoms with Crippen LogP contribution in [0.25, 0.3) is 0 Å². The van der Waals surface area contributed by atoms with Crippen LogP contribution >= 0.6 is 11.6 Å². The topological polar surface area (TPSA) is 12.0 Å². The molecule has 0 saturated heterocycles. The molecule has 2 aromatic carbocycles. The van der Waals surface area contributed by atoms with Crippen molar-refractivity contribution in [2.75, 3.05) is 7.05 Å². The van der Waals surface area contributed by atoms with Gasteiger partial charge in [-0.05, 0) is 54.9 Å². The lowest BCUT2D eigenvalue weighted by atomic mass is 9.98. The second kappa shape index (κ2) is 6.13. The van der Waals surface area contributed by atoms with Crippen molar-refractivity contribution in [3.05, 3.63) is 70.2 Å². The lowest BCUT2D eigenvalue weighted by molar-refractivity contribution is 0.544. The minimum atomic E-state index is -0.433. The summed E-state index contributed by atoms with van der Waals surface area (Å²) >= 11 is 5.94. The van der Waals surface area contributed by atoms with E-state index in [0.717, 1.165) is 17.7 Å². The van der Waals surface area contributed by atoms with E-state index < -0.39 is 11.6 Å². The molecular formula is C15H14ClF2N. The number of halogens is 3. The van der Waals surface area contributed by atoms with E-state index in [-0.39, 0.29) is 6.04 Å². The summed E-state index contributed by atoms with van der Waals surface area (Å²) in [7, 11) is 1.78. The number of benzene rings is 2. The van der Waals surface area contributed by atoms with E-state index in [9.17, 15) is 8.78 Å². The van der Waals surface area contributed by atoms with E-state index in [0.29, 0.717) is 17.0 Å². The molecule has 0 saturated carbocycles. The zero-order valence-electron chi connectivity index (χ0n) is 10.5. The molecule has 19 heavy (non-hydrogen) atoms. The monoisotopic (exact) mass is 281 g/mol. The summed E-state index contributed by atoms with van der Waals surface area (Å²) in [5, 5.41) is 3.72. The van der Waals surface area contributed by atoms with Crippen LogP contribution in [0.5, 0.6) is 0 Å². The fraction of sp³-hybridized carbons (Fsp3) is 0.200. The Morgan fingerprint density at radius 1 is 1.16 bits per heavy atom. The molecule has 0 aliphatic rings. The Balaban J connectivity index is 2.26. The summed E-state index contributed by atoms with van der Waals surface area (Å²) in [6, 6.07) is 10.7. The largest absolute Gasteiger partial charge is 0.313 e. The average Bonchev–Trinajstić information content (AvgIpc) is 2.39. The van der Waals surface area contributed by atoms with Gasteiger partial charge < -0.3 is 5.32 Å². The van der Waals surface area contributed by atoms with Crippen LogP contribution in [0.3, 0.4) is 0 Å². The molecule has 0 aliphatic heterocycles. The minimum Gasteiger partial charge on any atom is -0.313 e. The van der Waals surface area contributed by atoms with E-state index in [1.165, 1.54) is 6.07 Å². The Kier molecular flexibility index (Phi) is 4.51. The number of hydrogen-bond donors (Lipinski definition) is 1. The third-order valence-electron chi connectivity index (χ3n) is 3.03. The van der Waals surface area contributed by atoms with Gasteiger partial charge in [0.25, 0.3) is 0 Å². The highest BCUT2D eigenvalue weighted by Crippen LogP contribution is 2.23. The van der Waals surface area contributed by atoms with Crippen molar-refractivity contribution in [2.24, 2.45) is 0 Å². The van der Waals surface area contributed by atoms with E-state index in [1.54, 1.807) is 13.1 Å². The first-order chi connectivity index (χ1) is 9.10. The molecule has 0 aromatic heterocycles. The van der Waals surface area contributed by atoms with E-state index in [1.807, 2.05) is 18.2 Å². The Morgan fingerprint density at radius 2 is 1.95 bits per heavy atom. The number of nitrogens with one attached hydrogen (secondary N) is 1. The first-order valence-corrected chi connectivity index (χ1v) is 6.34. The van der Waals surface area contributed by atoms with Crippen molar-refractivity contribution in [1.29, 1.82) is 0 Å². The predicted molar refractivity (Wildman–Crippen MR) is 73.3 cm³/mol. The summed E-state index contributed by atoms with van der Waals surface area (Å²) in [6.07, 6.45) is 0.362. The van der Waals surface area contributed by atoms with Crippen molar-refractivity contribution in [1.82, 2.24) is 5.32 Å². The molecule has 0 radical (unpaired) electrons. The summed E-state index contributed by atoms with van der Waals surface area (Å²) in [4.78, 5) is 0. The zero-order chi connectivity index (χ0) is 13.8. The van der Waals surface area contributed by atoms with Crippen molar-refractivity contribution in [2.45, 2.75) is 12.5 Å². The molecule has 0 aliphatic carbocycles. The molecule has 1 nitrogen and oxygen atoms in total. The van der Waals surface area contributed by atoms with Crippen molar-refractivity contribution < 1.29 is 8.78 Å². The second-order valence-corrected chi connectivity index (χ2v) is 4.77. The zero-order valence-corrected chi connectivity index (χ0v) is 11.2. The van der Waals surface area contributed by atoms with Gasteiger partial charge in [-0.15, -0.1) is 0 Å². The maximum absolute atomic E-state index is 13.6. The van der Waals surface area contributed by atoms with Gasteiger partial charge >= 0.3 is 0 Å². The average molecular weight is 282 g/mol. The lowest BCUT2D eigenvalue weighted by Crippen LogP contribution is -2.19. The fourth-order valence-corrected chi connectivity index (χ4v) is 2.23. The Hall–Kier alpha value is -1.45. The number of hydrogen-bond acceptors (Lipinski definition) is 1. The highest BCUT2D eigenvalue weighted by Gasteiger charge is 2.13. The van der Waals surface area contributed by atoms with Gasteiger partial charge in [-0.3, -0.25) is 0 Å². The number of rotatable bonds is 4. The molecule has 0 heterocycles. The second-order valence-electron chi connectivity index (χ2n) is 4.34. The Labute approximate surface area is 116 Å². The van der Waals surface area contributed by atoms with Gasteiger partial charge in [0.15, 0.2) is 0 Å². The van der Waals surface area contributed by atoms with Crippen molar-refractivity contribution in [3.8, 4) is 0 Å². The molecule has 4 heteroatoms. The molecule has 100 valence electrons. The molecular weight excluding hydrogens is 268 g/mol. The minimum absolute atomic E-state index is 0.116. The van der Waals surface area contributed by atoms with Crippen LogP contribution in [0.4, 0.5) is 8.78 Å². The summed E-state index contributed by atoms with van der Waals surface area (Å²) in [5.74, 6) is -0.832. The van der Waals surface area contributed by atoms with Gasteiger partial charge in [0.05, 0.1) is 0 Å². The third kappa shape index (κ3) is 3.52. The molecule has 2 aromatic rings. The van der Waals surface area contributed by atoms with Gasteiger partial charge in [0.2, 0.25) is 0 Å². The van der Waals surface area contributed by atoms with Crippen LogP contribution in [0.1, 0.15) is 17.2 Å². The standard InChI is InChI=1S/C15H14ClF2N/c1-19-15(10-3-2-4-12(16)7-10)9-11-8-13(17)5-6-14(11)18/h2-8,15,19H,9H2,1H3. The first-order valence-electron chi connectivity index (χ1n) is 5.97. The maximum Gasteiger partial charge on any atom is 0.126 e. The van der Waals surface area contributed by atoms with Crippen LogP contribution in [-0.4, -0.2) is 7.05 Å². The SMILES string of the molecule is CNC(Cc1cc(F)ccc1F)c1cccc(Cl)c1. The van der Waals surface area contributed by atoms with Gasteiger partial charge in [0, 0.05) is 11.1 Å². The van der Waals surface area contributed by atoms with Crippen molar-refractivity contribution >= 4 is 11.6 Å². The van der Waals surface area contributed by atoms with Gasteiger partial charge in [-0.1, -0.05) is 23.7 Å². The normalized spacial score (nSPS) is 12.4. The van der Waals surface area contributed by atoms with E-state index in [2.05, 4.69) is 5.32 Å². The van der Waals surface area contributed by atoms with E-state index >= 15 is 0 Å². The third-order valence-corrected chi connectivity index (χ3v) is 3.27. The number of likely N-dealkylation sites (N-methyl/N-ethyl adjacent to an activating group) is 1. The quantitative estimate of drug-likeness (QED) is 0.889. The summed E-state index contributed by atoms with van der Waals surface area (Å²) < 4.78 is 26.8. The van der Waals surface area contributed by atoms with Crippen molar-refractivity contribution in [3.63, 3.8) is 0 Å². The Morgan fingerprint density at radius 3 is 2.63 bits per heavy atom. The Bertz CT molecular complexity index is 572. The van der Waals surface area contributed by atoms with Gasteiger partial charge in [-0.25, -0.2) is 8.78 Å². The first kappa shape index (κ1) is 14.0. The molecule has 2 rings (SSSR count). The van der Waals surface area contributed by atoms with Crippen LogP contribution < -0.4 is 5.32 Å². The van der Waals surface area contributed by atoms with Crippen LogP contribution in [0.15, 0.2) is 42.5 Å². The predicted octanol–water partition coefficient (Wildman–Crippen LogP) is 4.12. The van der Waals surface area contributed by atoms with Crippen LogP contribution in [-0.2, 0) is 6.42 Å². The molecule has 1 unspecified atom stereocenters. The molecule has 0 spiro atoms. The fourth-order valence-electron chi connectivity index (χ4n) is 2.03. The summed E-state index contributed by atoms with van der Waals surface area (Å²) in [6.45, 7) is 0. The molecule has 0 amide bonds. The molecule has 1 atom stereocenters. The smallest absolute Gasteiger partial charge is 0.126 e.